The number of nitrogens with zero attached hydrogens (tertiary/aromatic N) is 2. The first-order valence-corrected chi connectivity index (χ1v) is 13.6. The van der Waals surface area contributed by atoms with Gasteiger partial charge in [-0.3, -0.25) is 14.5 Å². The minimum Gasteiger partial charge on any atom is -0.507 e. The Hall–Kier alpha value is -4.26. The van der Waals surface area contributed by atoms with Crippen molar-refractivity contribution in [2.24, 2.45) is 0 Å². The first-order chi connectivity index (χ1) is 18.9. The summed E-state index contributed by atoms with van der Waals surface area (Å²) in [6, 6.07) is 19.7. The van der Waals surface area contributed by atoms with Crippen LogP contribution in [0.25, 0.3) is 5.76 Å². The standard InChI is InChI=1S/C32H34N2O5/c1-4-38-24-16-17-26(27(20-24)39-5-2)30(35)28-29(25-11-7-6-10-21(25)3)34(32(37)31(28)36)23-14-12-22(13-15-23)33-18-8-9-19-33/h6-7,10-17,20,29,35H,4-5,8-9,18-19H2,1-3H3/b30-28+. The lowest BCUT2D eigenvalue weighted by Gasteiger charge is -2.27. The van der Waals surface area contributed by atoms with Crippen molar-refractivity contribution in [2.75, 3.05) is 36.1 Å². The number of carbonyl (C=O) groups is 2. The fraction of sp³-hybridized carbons (Fsp3) is 0.312. The van der Waals surface area contributed by atoms with E-state index in [2.05, 4.69) is 4.90 Å². The van der Waals surface area contributed by atoms with Crippen molar-refractivity contribution < 1.29 is 24.2 Å². The lowest BCUT2D eigenvalue weighted by atomic mass is 9.92. The number of anilines is 2. The predicted octanol–water partition coefficient (Wildman–Crippen LogP) is 6.02. The second kappa shape index (κ2) is 11.2. The van der Waals surface area contributed by atoms with Crippen LogP contribution in [-0.4, -0.2) is 43.1 Å². The Bertz CT molecular complexity index is 1410. The van der Waals surface area contributed by atoms with E-state index in [0.717, 1.165) is 29.9 Å². The Morgan fingerprint density at radius 1 is 0.897 bits per heavy atom. The third-order valence-corrected chi connectivity index (χ3v) is 7.35. The highest BCUT2D eigenvalue weighted by Gasteiger charge is 2.47. The van der Waals surface area contributed by atoms with E-state index in [1.165, 1.54) is 17.7 Å². The number of aryl methyl sites for hydroxylation is 1. The highest BCUT2D eigenvalue weighted by Crippen LogP contribution is 2.44. The van der Waals surface area contributed by atoms with Crippen LogP contribution in [0.5, 0.6) is 11.5 Å². The van der Waals surface area contributed by atoms with Gasteiger partial charge >= 0.3 is 0 Å². The van der Waals surface area contributed by atoms with Crippen molar-refractivity contribution in [3.05, 3.63) is 89.0 Å². The van der Waals surface area contributed by atoms with Crippen LogP contribution in [0.2, 0.25) is 0 Å². The molecule has 1 unspecified atom stereocenters. The van der Waals surface area contributed by atoms with Gasteiger partial charge in [0.1, 0.15) is 17.3 Å². The highest BCUT2D eigenvalue weighted by atomic mass is 16.5. The first kappa shape index (κ1) is 26.4. The van der Waals surface area contributed by atoms with Crippen molar-refractivity contribution >= 4 is 28.8 Å². The number of benzene rings is 3. The Labute approximate surface area is 229 Å². The molecule has 0 aromatic heterocycles. The molecular formula is C32H34N2O5. The van der Waals surface area contributed by atoms with E-state index < -0.39 is 17.7 Å². The van der Waals surface area contributed by atoms with E-state index in [4.69, 9.17) is 9.47 Å². The largest absolute Gasteiger partial charge is 0.507 e. The van der Waals surface area contributed by atoms with Gasteiger partial charge in [0, 0.05) is 30.5 Å². The van der Waals surface area contributed by atoms with Crippen LogP contribution in [0.15, 0.2) is 72.3 Å². The van der Waals surface area contributed by atoms with Crippen molar-refractivity contribution in [1.29, 1.82) is 0 Å². The number of rotatable bonds is 8. The molecule has 7 heteroatoms. The smallest absolute Gasteiger partial charge is 0.300 e. The SMILES string of the molecule is CCOc1ccc(/C(O)=C2\C(=O)C(=O)N(c3ccc(N4CCCC4)cc3)C2c2ccccc2C)c(OCC)c1. The van der Waals surface area contributed by atoms with Crippen LogP contribution in [0.3, 0.4) is 0 Å². The molecule has 2 saturated heterocycles. The minimum atomic E-state index is -0.801. The van der Waals surface area contributed by atoms with Gasteiger partial charge in [0.2, 0.25) is 0 Å². The van der Waals surface area contributed by atoms with Gasteiger partial charge in [-0.05, 0) is 81.1 Å². The fourth-order valence-electron chi connectivity index (χ4n) is 5.46. The summed E-state index contributed by atoms with van der Waals surface area (Å²) in [6.45, 7) is 8.52. The number of amides is 1. The summed E-state index contributed by atoms with van der Waals surface area (Å²) in [7, 11) is 0. The summed E-state index contributed by atoms with van der Waals surface area (Å²) in [5.74, 6) is -0.718. The zero-order valence-corrected chi connectivity index (χ0v) is 22.6. The van der Waals surface area contributed by atoms with Crippen molar-refractivity contribution in [3.63, 3.8) is 0 Å². The van der Waals surface area contributed by atoms with E-state index in [1.54, 1.807) is 18.2 Å². The van der Waals surface area contributed by atoms with Gasteiger partial charge in [-0.1, -0.05) is 24.3 Å². The van der Waals surface area contributed by atoms with Crippen LogP contribution < -0.4 is 19.3 Å². The van der Waals surface area contributed by atoms with Crippen LogP contribution in [0, 0.1) is 6.92 Å². The van der Waals surface area contributed by atoms with Gasteiger partial charge in [0.25, 0.3) is 11.7 Å². The fourth-order valence-corrected chi connectivity index (χ4v) is 5.46. The van der Waals surface area contributed by atoms with Crippen LogP contribution in [-0.2, 0) is 9.59 Å². The summed E-state index contributed by atoms with van der Waals surface area (Å²) in [5, 5.41) is 11.7. The first-order valence-electron chi connectivity index (χ1n) is 13.6. The molecule has 2 aliphatic heterocycles. The van der Waals surface area contributed by atoms with E-state index in [-0.39, 0.29) is 11.3 Å². The molecule has 5 rings (SSSR count). The topological polar surface area (TPSA) is 79.3 Å². The van der Waals surface area contributed by atoms with E-state index in [0.29, 0.717) is 36.0 Å². The highest BCUT2D eigenvalue weighted by molar-refractivity contribution is 6.51. The molecular weight excluding hydrogens is 492 g/mol. The van der Waals surface area contributed by atoms with Crippen molar-refractivity contribution in [2.45, 2.75) is 39.7 Å². The summed E-state index contributed by atoms with van der Waals surface area (Å²) in [4.78, 5) is 31.1. The minimum absolute atomic E-state index is 0.0306. The number of Topliss-reactive ketones (excluding diaryl/α,β-unsaturated/α-hetero) is 1. The molecule has 2 aliphatic rings. The van der Waals surface area contributed by atoms with Gasteiger partial charge in [0.15, 0.2) is 0 Å². The normalized spacial score (nSPS) is 18.6. The van der Waals surface area contributed by atoms with E-state index in [1.807, 2.05) is 69.3 Å². The number of ether oxygens (including phenoxy) is 2. The molecule has 1 amide bonds. The zero-order chi connectivity index (χ0) is 27.5. The molecule has 2 heterocycles. The molecule has 1 N–H and O–H groups in total. The quantitative estimate of drug-likeness (QED) is 0.220. The third kappa shape index (κ3) is 4.97. The number of carbonyl (C=O) groups excluding carboxylic acids is 2. The van der Waals surface area contributed by atoms with Gasteiger partial charge < -0.3 is 19.5 Å². The maximum atomic E-state index is 13.6. The number of hydrogen-bond donors (Lipinski definition) is 1. The molecule has 7 nitrogen and oxygen atoms in total. The number of aliphatic hydroxyl groups is 1. The molecule has 2 fully saturated rings. The molecule has 39 heavy (non-hydrogen) atoms. The molecule has 0 aliphatic carbocycles. The van der Waals surface area contributed by atoms with Crippen molar-refractivity contribution in [3.8, 4) is 11.5 Å². The average Bonchev–Trinajstić information content (AvgIpc) is 3.57. The number of ketones is 1. The summed E-state index contributed by atoms with van der Waals surface area (Å²) < 4.78 is 11.4. The maximum absolute atomic E-state index is 13.6. The molecule has 0 spiro atoms. The Balaban J connectivity index is 1.65. The van der Waals surface area contributed by atoms with E-state index in [9.17, 15) is 14.7 Å². The second-order valence-corrected chi connectivity index (χ2v) is 9.76. The number of hydrogen-bond acceptors (Lipinski definition) is 6. The van der Waals surface area contributed by atoms with Crippen LogP contribution >= 0.6 is 0 Å². The third-order valence-electron chi connectivity index (χ3n) is 7.35. The van der Waals surface area contributed by atoms with Gasteiger partial charge in [-0.2, -0.15) is 0 Å². The Morgan fingerprint density at radius 3 is 2.23 bits per heavy atom. The molecule has 0 bridgehead atoms. The molecule has 202 valence electrons. The maximum Gasteiger partial charge on any atom is 0.300 e. The van der Waals surface area contributed by atoms with Crippen molar-refractivity contribution in [1.82, 2.24) is 0 Å². The van der Waals surface area contributed by atoms with Gasteiger partial charge in [-0.25, -0.2) is 0 Å². The van der Waals surface area contributed by atoms with Gasteiger partial charge in [-0.15, -0.1) is 0 Å². The van der Waals surface area contributed by atoms with Crippen LogP contribution in [0.4, 0.5) is 11.4 Å². The average molecular weight is 527 g/mol. The molecule has 0 saturated carbocycles. The molecule has 1 atom stereocenters. The summed E-state index contributed by atoms with van der Waals surface area (Å²) in [6.07, 6.45) is 2.33. The van der Waals surface area contributed by atoms with Crippen LogP contribution in [0.1, 0.15) is 49.4 Å². The Morgan fingerprint density at radius 2 is 1.56 bits per heavy atom. The Kier molecular flexibility index (Phi) is 7.59. The predicted molar refractivity (Wildman–Crippen MR) is 153 cm³/mol. The second-order valence-electron chi connectivity index (χ2n) is 9.76. The molecule has 0 radical (unpaired) electrons. The lowest BCUT2D eigenvalue weighted by Crippen LogP contribution is -2.29. The molecule has 3 aromatic rings. The van der Waals surface area contributed by atoms with Gasteiger partial charge in [0.05, 0.1) is 30.4 Å². The monoisotopic (exact) mass is 526 g/mol. The molecule has 3 aromatic carbocycles. The summed E-state index contributed by atoms with van der Waals surface area (Å²) in [5.41, 5.74) is 3.74. The zero-order valence-electron chi connectivity index (χ0n) is 22.6. The lowest BCUT2D eigenvalue weighted by molar-refractivity contribution is -0.132. The number of aliphatic hydroxyl groups excluding tert-OH is 1. The summed E-state index contributed by atoms with van der Waals surface area (Å²) >= 11 is 0. The van der Waals surface area contributed by atoms with E-state index >= 15 is 0 Å².